The summed E-state index contributed by atoms with van der Waals surface area (Å²) in [5, 5.41) is 0. The second-order valence-corrected chi connectivity index (χ2v) is 5.33. The number of hydrogen-bond donors (Lipinski definition) is 1. The molecule has 0 saturated carbocycles. The molecule has 1 rings (SSSR count). The molecule has 96 valence electrons. The number of nitrogens with two attached hydrogens (primary N) is 1. The lowest BCUT2D eigenvalue weighted by Crippen LogP contribution is -2.40. The number of likely N-dealkylation sites (N-methyl/N-ethyl adjacent to an activating group) is 2. The van der Waals surface area contributed by atoms with Crippen molar-refractivity contribution in [1.29, 1.82) is 0 Å². The first-order chi connectivity index (χ1) is 7.95. The molecule has 1 aromatic heterocycles. The average molecular weight is 301 g/mol. The lowest BCUT2D eigenvalue weighted by Gasteiger charge is -2.31. The van der Waals surface area contributed by atoms with Crippen molar-refractivity contribution in [2.75, 3.05) is 37.8 Å². The Morgan fingerprint density at radius 1 is 1.47 bits per heavy atom. The van der Waals surface area contributed by atoms with E-state index in [1.807, 2.05) is 6.07 Å². The van der Waals surface area contributed by atoms with Crippen LogP contribution in [0.15, 0.2) is 16.7 Å². The fraction of sp³-hybridized carbons (Fsp3) is 0.583. The Morgan fingerprint density at radius 3 is 2.59 bits per heavy atom. The number of pyridine rings is 1. The average Bonchev–Trinajstić information content (AvgIpc) is 2.21. The van der Waals surface area contributed by atoms with Gasteiger partial charge in [-0.25, -0.2) is 4.98 Å². The number of nitrogen functional groups attached to an aromatic ring is 1. The van der Waals surface area contributed by atoms with Gasteiger partial charge in [0.2, 0.25) is 0 Å². The lowest BCUT2D eigenvalue weighted by molar-refractivity contribution is 0.372. The fourth-order valence-electron chi connectivity index (χ4n) is 1.95. The lowest BCUT2D eigenvalue weighted by atomic mass is 10.2. The molecule has 0 aliphatic rings. The van der Waals surface area contributed by atoms with Crippen molar-refractivity contribution in [3.05, 3.63) is 16.7 Å². The van der Waals surface area contributed by atoms with Gasteiger partial charge in [0.05, 0.1) is 16.4 Å². The molecule has 5 heteroatoms. The standard InChI is InChI=1S/C12H21BrN4/c1-5-17(9(2)8-16(3)4)12-11(13)6-10(14)7-15-12/h6-7,9H,5,8,14H2,1-4H3. The van der Waals surface area contributed by atoms with E-state index in [-0.39, 0.29) is 0 Å². The van der Waals surface area contributed by atoms with Gasteiger partial charge >= 0.3 is 0 Å². The van der Waals surface area contributed by atoms with Crippen LogP contribution in [0.4, 0.5) is 11.5 Å². The molecule has 0 radical (unpaired) electrons. The van der Waals surface area contributed by atoms with Crippen molar-refractivity contribution in [2.24, 2.45) is 0 Å². The highest BCUT2D eigenvalue weighted by Crippen LogP contribution is 2.26. The number of hydrogen-bond acceptors (Lipinski definition) is 4. The first kappa shape index (κ1) is 14.3. The Labute approximate surface area is 112 Å². The van der Waals surface area contributed by atoms with Gasteiger partial charge in [-0.05, 0) is 49.9 Å². The smallest absolute Gasteiger partial charge is 0.143 e. The molecule has 1 atom stereocenters. The minimum atomic E-state index is 0.405. The third-order valence-corrected chi connectivity index (χ3v) is 3.20. The van der Waals surface area contributed by atoms with Gasteiger partial charge in [0.15, 0.2) is 0 Å². The van der Waals surface area contributed by atoms with Crippen molar-refractivity contribution < 1.29 is 0 Å². The summed E-state index contributed by atoms with van der Waals surface area (Å²) in [5.74, 6) is 0.955. The minimum Gasteiger partial charge on any atom is -0.397 e. The molecule has 1 heterocycles. The van der Waals surface area contributed by atoms with Gasteiger partial charge in [-0.15, -0.1) is 0 Å². The number of aromatic nitrogens is 1. The molecule has 0 aliphatic heterocycles. The van der Waals surface area contributed by atoms with Crippen LogP contribution in [-0.4, -0.2) is 43.1 Å². The van der Waals surface area contributed by atoms with Gasteiger partial charge < -0.3 is 15.5 Å². The summed E-state index contributed by atoms with van der Waals surface area (Å²) >= 11 is 3.53. The molecular weight excluding hydrogens is 280 g/mol. The van der Waals surface area contributed by atoms with Crippen molar-refractivity contribution in [3.8, 4) is 0 Å². The molecular formula is C12H21BrN4. The van der Waals surface area contributed by atoms with Crippen LogP contribution < -0.4 is 10.6 Å². The predicted molar refractivity (Wildman–Crippen MR) is 77.4 cm³/mol. The molecule has 0 saturated heterocycles. The number of anilines is 2. The topological polar surface area (TPSA) is 45.4 Å². The molecule has 0 spiro atoms. The van der Waals surface area contributed by atoms with Crippen molar-refractivity contribution >= 4 is 27.4 Å². The second-order valence-electron chi connectivity index (χ2n) is 4.47. The summed E-state index contributed by atoms with van der Waals surface area (Å²) in [7, 11) is 4.16. The molecule has 0 amide bonds. The third-order valence-electron chi connectivity index (χ3n) is 2.62. The Hall–Kier alpha value is -0.810. The highest BCUT2D eigenvalue weighted by atomic mass is 79.9. The van der Waals surface area contributed by atoms with E-state index >= 15 is 0 Å². The zero-order valence-corrected chi connectivity index (χ0v) is 12.5. The second kappa shape index (κ2) is 6.21. The molecule has 0 fully saturated rings. The first-order valence-electron chi connectivity index (χ1n) is 5.78. The van der Waals surface area contributed by atoms with E-state index in [0.717, 1.165) is 23.4 Å². The highest BCUT2D eigenvalue weighted by molar-refractivity contribution is 9.10. The van der Waals surface area contributed by atoms with Crippen LogP contribution in [0.2, 0.25) is 0 Å². The summed E-state index contributed by atoms with van der Waals surface area (Å²) in [6, 6.07) is 2.30. The Balaban J connectivity index is 2.93. The van der Waals surface area contributed by atoms with E-state index in [4.69, 9.17) is 5.73 Å². The molecule has 4 nitrogen and oxygen atoms in total. The molecule has 1 aromatic rings. The van der Waals surface area contributed by atoms with E-state index < -0.39 is 0 Å². The molecule has 1 unspecified atom stereocenters. The maximum Gasteiger partial charge on any atom is 0.143 e. The SMILES string of the molecule is CCN(c1ncc(N)cc1Br)C(C)CN(C)C. The summed E-state index contributed by atoms with van der Waals surface area (Å²) < 4.78 is 0.949. The number of nitrogens with zero attached hydrogens (tertiary/aromatic N) is 3. The summed E-state index contributed by atoms with van der Waals surface area (Å²) in [6.45, 7) is 6.25. The summed E-state index contributed by atoms with van der Waals surface area (Å²) in [4.78, 5) is 8.86. The van der Waals surface area contributed by atoms with E-state index in [2.05, 4.69) is 58.7 Å². The number of halogens is 1. The van der Waals surface area contributed by atoms with Gasteiger partial charge in [0, 0.05) is 19.1 Å². The van der Waals surface area contributed by atoms with E-state index in [0.29, 0.717) is 11.7 Å². The van der Waals surface area contributed by atoms with Gasteiger partial charge in [-0.3, -0.25) is 0 Å². The van der Waals surface area contributed by atoms with Crippen LogP contribution in [0.25, 0.3) is 0 Å². The molecule has 2 N–H and O–H groups in total. The Kier molecular flexibility index (Phi) is 5.21. The van der Waals surface area contributed by atoms with Crippen LogP contribution >= 0.6 is 15.9 Å². The maximum absolute atomic E-state index is 5.71. The van der Waals surface area contributed by atoms with Crippen molar-refractivity contribution in [1.82, 2.24) is 9.88 Å². The molecule has 0 bridgehead atoms. The van der Waals surface area contributed by atoms with Gasteiger partial charge in [-0.1, -0.05) is 0 Å². The summed E-state index contributed by atoms with van der Waals surface area (Å²) in [5.41, 5.74) is 6.38. The van der Waals surface area contributed by atoms with Gasteiger partial charge in [0.25, 0.3) is 0 Å². The molecule has 17 heavy (non-hydrogen) atoms. The third kappa shape index (κ3) is 3.85. The van der Waals surface area contributed by atoms with Gasteiger partial charge in [-0.2, -0.15) is 0 Å². The first-order valence-corrected chi connectivity index (χ1v) is 6.57. The molecule has 0 aliphatic carbocycles. The van der Waals surface area contributed by atoms with E-state index in [1.165, 1.54) is 0 Å². The quantitative estimate of drug-likeness (QED) is 0.905. The van der Waals surface area contributed by atoms with Crippen LogP contribution in [0.1, 0.15) is 13.8 Å². The van der Waals surface area contributed by atoms with E-state index in [1.54, 1.807) is 6.20 Å². The van der Waals surface area contributed by atoms with E-state index in [9.17, 15) is 0 Å². The summed E-state index contributed by atoms with van der Waals surface area (Å²) in [6.07, 6.45) is 1.70. The van der Waals surface area contributed by atoms with Crippen molar-refractivity contribution in [3.63, 3.8) is 0 Å². The predicted octanol–water partition coefficient (Wildman–Crippen LogP) is 2.20. The van der Waals surface area contributed by atoms with Crippen LogP contribution in [0.5, 0.6) is 0 Å². The Morgan fingerprint density at radius 2 is 2.12 bits per heavy atom. The van der Waals surface area contributed by atoms with Gasteiger partial charge in [0.1, 0.15) is 5.82 Å². The van der Waals surface area contributed by atoms with Crippen LogP contribution in [0, 0.1) is 0 Å². The fourth-order valence-corrected chi connectivity index (χ4v) is 2.55. The zero-order valence-electron chi connectivity index (χ0n) is 10.9. The van der Waals surface area contributed by atoms with Crippen molar-refractivity contribution in [2.45, 2.75) is 19.9 Å². The largest absolute Gasteiger partial charge is 0.397 e. The monoisotopic (exact) mass is 300 g/mol. The van der Waals surface area contributed by atoms with Crippen LogP contribution in [0.3, 0.4) is 0 Å². The van der Waals surface area contributed by atoms with Crippen LogP contribution in [-0.2, 0) is 0 Å². The molecule has 0 aromatic carbocycles. The number of rotatable bonds is 5. The zero-order chi connectivity index (χ0) is 13.0. The maximum atomic E-state index is 5.71. The highest BCUT2D eigenvalue weighted by Gasteiger charge is 2.17. The minimum absolute atomic E-state index is 0.405. The normalized spacial score (nSPS) is 12.8. The Bertz CT molecular complexity index is 368.